The first-order chi connectivity index (χ1) is 29.9. The monoisotopic (exact) mass is 1000 g/mol. The van der Waals surface area contributed by atoms with Gasteiger partial charge in [-0.15, -0.1) is 53.6 Å². The second-order valence-electron chi connectivity index (χ2n) is 18.0. The predicted octanol–water partition coefficient (Wildman–Crippen LogP) is 15.0. The van der Waals surface area contributed by atoms with Crippen molar-refractivity contribution < 1.29 is 30.2 Å². The van der Waals surface area contributed by atoms with E-state index in [1.165, 1.54) is 17.7 Å². The zero-order valence-corrected chi connectivity index (χ0v) is 38.3. The van der Waals surface area contributed by atoms with Gasteiger partial charge < -0.3 is 19.1 Å². The molecule has 63 heavy (non-hydrogen) atoms. The van der Waals surface area contributed by atoms with Gasteiger partial charge in [0.05, 0.1) is 0 Å². The Morgan fingerprint density at radius 2 is 1.22 bits per heavy atom. The van der Waals surface area contributed by atoms with Crippen molar-refractivity contribution in [2.45, 2.75) is 52.4 Å². The van der Waals surface area contributed by atoms with Crippen molar-refractivity contribution in [1.82, 2.24) is 9.55 Å². The van der Waals surface area contributed by atoms with Crippen molar-refractivity contribution in [1.29, 1.82) is 0 Å². The summed E-state index contributed by atoms with van der Waals surface area (Å²) < 4.78 is 23.3. The number of rotatable bonds is 7. The van der Waals surface area contributed by atoms with Gasteiger partial charge in [-0.3, -0.25) is 0 Å². The molecule has 0 N–H and O–H groups in total. The van der Waals surface area contributed by atoms with E-state index in [4.69, 9.17) is 9.72 Å². The van der Waals surface area contributed by atoms with Crippen molar-refractivity contribution in [3.05, 3.63) is 200 Å². The Labute approximate surface area is 383 Å². The minimum atomic E-state index is -0.270. The molecule has 0 saturated heterocycles. The molecule has 1 aliphatic heterocycles. The zero-order chi connectivity index (χ0) is 42.8. The SMILES string of the molecule is CC(C)(C)c1cc(Oc2[c-]c3c(cc2)c2ccccc2n3-c2cc(C(C)(C)C)ccn2)[c-]c(N2[CH-]N(c3c(-c4ccccc4)cccc3-c3ccc(F)cc3)c3ccccc32)c1.[Pt]. The molecule has 316 valence electrons. The molecule has 5 nitrogen and oxygen atoms in total. The number of hydrogen-bond acceptors (Lipinski definition) is 4. The second kappa shape index (κ2) is 16.3. The van der Waals surface area contributed by atoms with Crippen LogP contribution in [0.25, 0.3) is 49.9 Å². The number of para-hydroxylation sites is 4. The van der Waals surface area contributed by atoms with Gasteiger partial charge >= 0.3 is 0 Å². The molecule has 0 radical (unpaired) electrons. The normalized spacial score (nSPS) is 12.7. The van der Waals surface area contributed by atoms with Crippen molar-refractivity contribution in [2.75, 3.05) is 9.80 Å². The maximum absolute atomic E-state index is 14.3. The number of benzene rings is 7. The number of fused-ring (bicyclic) bond motifs is 4. The minimum Gasteiger partial charge on any atom is -0.509 e. The van der Waals surface area contributed by atoms with Gasteiger partial charge in [-0.05, 0) is 75.4 Å². The topological polar surface area (TPSA) is 33.5 Å². The minimum absolute atomic E-state index is 0. The van der Waals surface area contributed by atoms with Crippen molar-refractivity contribution in [3.63, 3.8) is 0 Å². The number of anilines is 4. The third kappa shape index (κ3) is 7.83. The molecule has 0 aliphatic carbocycles. The van der Waals surface area contributed by atoms with Gasteiger partial charge in [0.25, 0.3) is 0 Å². The van der Waals surface area contributed by atoms with Gasteiger partial charge in [0.15, 0.2) is 0 Å². The fraction of sp³-hybridized carbons (Fsp3) is 0.143. The van der Waals surface area contributed by atoms with Gasteiger partial charge in [-0.1, -0.05) is 138 Å². The Bertz CT molecular complexity index is 3130. The molecule has 10 rings (SSSR count). The summed E-state index contributed by atoms with van der Waals surface area (Å²) in [5.74, 6) is 1.73. The van der Waals surface area contributed by atoms with Crippen LogP contribution in [0.1, 0.15) is 52.7 Å². The summed E-state index contributed by atoms with van der Waals surface area (Å²) in [7, 11) is 0. The standard InChI is InChI=1S/C56H46FN4O.Pt/c1-55(2,3)39-29-30-58-53(33-39)61-49-20-11-10-17-47(49)48-28-27-43(35-52(48)61)62-44-32-40(56(4,5)6)31-42(34-44)59-36-60(51-22-13-12-21-50(51)59)54-45(37-15-8-7-9-16-37)18-14-19-46(54)38-23-25-41(57)26-24-38;/h7-33,36H,1-6H3;/q-3;. The molecule has 0 spiro atoms. The molecule has 2 aromatic heterocycles. The van der Waals surface area contributed by atoms with E-state index < -0.39 is 0 Å². The van der Waals surface area contributed by atoms with Crippen LogP contribution in [0.2, 0.25) is 0 Å². The van der Waals surface area contributed by atoms with E-state index in [1.54, 1.807) is 0 Å². The summed E-state index contributed by atoms with van der Waals surface area (Å²) >= 11 is 0. The maximum atomic E-state index is 14.3. The summed E-state index contributed by atoms with van der Waals surface area (Å²) in [5.41, 5.74) is 11.9. The van der Waals surface area contributed by atoms with E-state index >= 15 is 0 Å². The van der Waals surface area contributed by atoms with E-state index in [-0.39, 0.29) is 37.7 Å². The van der Waals surface area contributed by atoms with Crippen LogP contribution in [-0.4, -0.2) is 9.55 Å². The van der Waals surface area contributed by atoms with Crippen LogP contribution in [0.3, 0.4) is 0 Å². The van der Waals surface area contributed by atoms with Crippen molar-refractivity contribution in [2.24, 2.45) is 0 Å². The molecule has 7 aromatic carbocycles. The van der Waals surface area contributed by atoms with Crippen molar-refractivity contribution in [3.8, 4) is 39.6 Å². The maximum Gasteiger partial charge on any atom is 0.135 e. The first kappa shape index (κ1) is 41.8. The van der Waals surface area contributed by atoms with Crippen LogP contribution in [0.4, 0.5) is 27.1 Å². The summed E-state index contributed by atoms with van der Waals surface area (Å²) in [5, 5.41) is 2.20. The molecule has 7 heteroatoms. The van der Waals surface area contributed by atoms with Crippen LogP contribution < -0.4 is 14.5 Å². The molecule has 0 bridgehead atoms. The van der Waals surface area contributed by atoms with Crippen molar-refractivity contribution >= 4 is 44.6 Å². The summed E-state index contributed by atoms with van der Waals surface area (Å²) in [6.07, 6.45) is 1.89. The Kier molecular flexibility index (Phi) is 10.8. The Morgan fingerprint density at radius 3 is 1.94 bits per heavy atom. The summed E-state index contributed by atoms with van der Waals surface area (Å²) in [6.45, 7) is 15.4. The molecule has 0 fully saturated rings. The van der Waals surface area contributed by atoms with Crippen LogP contribution in [0, 0.1) is 24.6 Å². The van der Waals surface area contributed by atoms with Gasteiger partial charge in [-0.2, -0.15) is 6.07 Å². The molecule has 0 unspecified atom stereocenters. The van der Waals surface area contributed by atoms with Gasteiger partial charge in [0.2, 0.25) is 0 Å². The number of nitrogens with zero attached hydrogens (tertiary/aromatic N) is 4. The van der Waals surface area contributed by atoms with E-state index in [2.05, 4.69) is 196 Å². The van der Waals surface area contributed by atoms with Crippen LogP contribution in [0.15, 0.2) is 164 Å². The van der Waals surface area contributed by atoms with Gasteiger partial charge in [0.1, 0.15) is 11.6 Å². The van der Waals surface area contributed by atoms with E-state index in [1.807, 2.05) is 30.5 Å². The second-order valence-corrected chi connectivity index (χ2v) is 18.0. The molecule has 0 amide bonds. The summed E-state index contributed by atoms with van der Waals surface area (Å²) in [4.78, 5) is 9.30. The quantitative estimate of drug-likeness (QED) is 0.149. The molecule has 1 aliphatic rings. The average molecular weight is 1010 g/mol. The third-order valence-corrected chi connectivity index (χ3v) is 11.7. The number of hydrogen-bond donors (Lipinski definition) is 0. The van der Waals surface area contributed by atoms with E-state index in [0.717, 1.165) is 78.2 Å². The first-order valence-electron chi connectivity index (χ1n) is 21.1. The Morgan fingerprint density at radius 1 is 0.571 bits per heavy atom. The molecule has 0 atom stereocenters. The average Bonchev–Trinajstić information content (AvgIpc) is 3.82. The van der Waals surface area contributed by atoms with Crippen LogP contribution in [0.5, 0.6) is 11.5 Å². The van der Waals surface area contributed by atoms with E-state index in [9.17, 15) is 4.39 Å². The fourth-order valence-corrected chi connectivity index (χ4v) is 8.44. The molecular formula is C56H46FN4OPt-3. The van der Waals surface area contributed by atoms with Gasteiger partial charge in [0, 0.05) is 72.5 Å². The molecule has 3 heterocycles. The van der Waals surface area contributed by atoms with Crippen LogP contribution in [-0.2, 0) is 31.9 Å². The third-order valence-electron chi connectivity index (χ3n) is 11.7. The molecular weight excluding hydrogens is 959 g/mol. The number of halogens is 1. The van der Waals surface area contributed by atoms with E-state index in [0.29, 0.717) is 11.5 Å². The zero-order valence-electron chi connectivity index (χ0n) is 36.1. The largest absolute Gasteiger partial charge is 0.509 e. The smallest absolute Gasteiger partial charge is 0.135 e. The molecule has 0 saturated carbocycles. The summed E-state index contributed by atoms with van der Waals surface area (Å²) in [6, 6.07) is 60.3. The number of ether oxygens (including phenoxy) is 1. The first-order valence-corrected chi connectivity index (χ1v) is 21.1. The Hall–Kier alpha value is -6.49. The van der Waals surface area contributed by atoms with Crippen LogP contribution >= 0.6 is 0 Å². The number of pyridine rings is 1. The fourth-order valence-electron chi connectivity index (χ4n) is 8.44. The van der Waals surface area contributed by atoms with Gasteiger partial charge in [-0.25, -0.2) is 9.37 Å². The molecule has 9 aromatic rings. The predicted molar refractivity (Wildman–Crippen MR) is 252 cm³/mol. The Balaban J connectivity index is 0.00000504. The number of aromatic nitrogens is 2.